The van der Waals surface area contributed by atoms with Crippen molar-refractivity contribution < 1.29 is 9.53 Å². The number of hydrogen-bond donors (Lipinski definition) is 1. The standard InChI is InChI=1S/C12H20N2O2/c1-3-6-13-8-12(15)14-7-4-5-11(9-14)10-16-2/h1,11,13H,4-10H2,2H3. The summed E-state index contributed by atoms with van der Waals surface area (Å²) in [5, 5.41) is 2.92. The summed E-state index contributed by atoms with van der Waals surface area (Å²) in [4.78, 5) is 13.7. The fourth-order valence-corrected chi connectivity index (χ4v) is 2.02. The fourth-order valence-electron chi connectivity index (χ4n) is 2.02. The summed E-state index contributed by atoms with van der Waals surface area (Å²) in [5.41, 5.74) is 0. The minimum Gasteiger partial charge on any atom is -0.384 e. The van der Waals surface area contributed by atoms with Crippen LogP contribution in [0.4, 0.5) is 0 Å². The molecule has 4 heteroatoms. The molecule has 1 aliphatic rings. The van der Waals surface area contributed by atoms with Crippen molar-refractivity contribution in [3.8, 4) is 12.3 Å². The first kappa shape index (κ1) is 13.0. The molecule has 0 spiro atoms. The van der Waals surface area contributed by atoms with Crippen molar-refractivity contribution in [2.75, 3.05) is 39.9 Å². The molecule has 1 rings (SSSR count). The summed E-state index contributed by atoms with van der Waals surface area (Å²) in [5.74, 6) is 3.07. The minimum atomic E-state index is 0.135. The third-order valence-electron chi connectivity index (χ3n) is 2.78. The average molecular weight is 224 g/mol. The average Bonchev–Trinajstić information content (AvgIpc) is 2.30. The number of terminal acetylenes is 1. The van der Waals surface area contributed by atoms with Gasteiger partial charge in [-0.3, -0.25) is 10.1 Å². The molecule has 1 aliphatic heterocycles. The van der Waals surface area contributed by atoms with E-state index in [4.69, 9.17) is 11.2 Å². The molecule has 0 aliphatic carbocycles. The first-order chi connectivity index (χ1) is 7.77. The van der Waals surface area contributed by atoms with Crippen molar-refractivity contribution in [2.24, 2.45) is 5.92 Å². The van der Waals surface area contributed by atoms with E-state index in [1.165, 1.54) is 0 Å². The van der Waals surface area contributed by atoms with Gasteiger partial charge in [0.15, 0.2) is 0 Å². The van der Waals surface area contributed by atoms with Crippen molar-refractivity contribution in [1.29, 1.82) is 0 Å². The molecule has 0 saturated carbocycles. The van der Waals surface area contributed by atoms with Crippen molar-refractivity contribution in [3.63, 3.8) is 0 Å². The van der Waals surface area contributed by atoms with E-state index in [2.05, 4.69) is 11.2 Å². The summed E-state index contributed by atoms with van der Waals surface area (Å²) >= 11 is 0. The molecule has 4 nitrogen and oxygen atoms in total. The van der Waals surface area contributed by atoms with Gasteiger partial charge in [-0.15, -0.1) is 6.42 Å². The van der Waals surface area contributed by atoms with Gasteiger partial charge in [0.1, 0.15) is 0 Å². The van der Waals surface area contributed by atoms with E-state index < -0.39 is 0 Å². The second-order valence-corrected chi connectivity index (χ2v) is 4.11. The van der Waals surface area contributed by atoms with Gasteiger partial charge in [-0.05, 0) is 18.8 Å². The molecular weight excluding hydrogens is 204 g/mol. The monoisotopic (exact) mass is 224 g/mol. The number of amides is 1. The molecule has 0 aromatic heterocycles. The highest BCUT2D eigenvalue weighted by molar-refractivity contribution is 5.78. The normalized spacial score (nSPS) is 20.5. The van der Waals surface area contributed by atoms with Gasteiger partial charge in [-0.2, -0.15) is 0 Å². The SMILES string of the molecule is C#CCNCC(=O)N1CCCC(COC)C1. The highest BCUT2D eigenvalue weighted by Crippen LogP contribution is 2.16. The Balaban J connectivity index is 2.29. The Morgan fingerprint density at radius 2 is 2.50 bits per heavy atom. The van der Waals surface area contributed by atoms with Crippen LogP contribution in [-0.4, -0.2) is 50.7 Å². The quantitative estimate of drug-likeness (QED) is 0.532. The molecule has 90 valence electrons. The zero-order chi connectivity index (χ0) is 11.8. The molecule has 1 heterocycles. The van der Waals surface area contributed by atoms with E-state index in [-0.39, 0.29) is 5.91 Å². The topological polar surface area (TPSA) is 41.6 Å². The van der Waals surface area contributed by atoms with Crippen molar-refractivity contribution in [3.05, 3.63) is 0 Å². The molecule has 0 aromatic rings. The van der Waals surface area contributed by atoms with E-state index in [1.807, 2.05) is 4.90 Å². The summed E-state index contributed by atoms with van der Waals surface area (Å²) < 4.78 is 5.13. The van der Waals surface area contributed by atoms with Crippen LogP contribution in [0.25, 0.3) is 0 Å². The molecule has 0 bridgehead atoms. The largest absolute Gasteiger partial charge is 0.384 e. The first-order valence-electron chi connectivity index (χ1n) is 5.68. The first-order valence-corrected chi connectivity index (χ1v) is 5.68. The third kappa shape index (κ3) is 4.21. The molecule has 1 fully saturated rings. The zero-order valence-corrected chi connectivity index (χ0v) is 9.87. The van der Waals surface area contributed by atoms with Gasteiger partial charge in [-0.1, -0.05) is 5.92 Å². The molecule has 16 heavy (non-hydrogen) atoms. The Hall–Kier alpha value is -1.05. The summed E-state index contributed by atoms with van der Waals surface area (Å²) in [6.07, 6.45) is 7.31. The van der Waals surface area contributed by atoms with Crippen LogP contribution in [0.3, 0.4) is 0 Å². The van der Waals surface area contributed by atoms with E-state index in [0.717, 1.165) is 32.5 Å². The Labute approximate surface area is 97.3 Å². The maximum Gasteiger partial charge on any atom is 0.236 e. The number of carbonyl (C=O) groups excluding carboxylic acids is 1. The fraction of sp³-hybridized carbons (Fsp3) is 0.750. The molecule has 1 saturated heterocycles. The van der Waals surface area contributed by atoms with Crippen LogP contribution in [0.1, 0.15) is 12.8 Å². The van der Waals surface area contributed by atoms with Gasteiger partial charge in [-0.25, -0.2) is 0 Å². The second kappa shape index (κ2) is 7.26. The van der Waals surface area contributed by atoms with Gasteiger partial charge in [0.05, 0.1) is 19.7 Å². The highest BCUT2D eigenvalue weighted by Gasteiger charge is 2.22. The smallest absolute Gasteiger partial charge is 0.236 e. The lowest BCUT2D eigenvalue weighted by Crippen LogP contribution is -2.44. The van der Waals surface area contributed by atoms with Gasteiger partial charge < -0.3 is 9.64 Å². The van der Waals surface area contributed by atoms with Crippen LogP contribution < -0.4 is 5.32 Å². The van der Waals surface area contributed by atoms with Crippen molar-refractivity contribution in [2.45, 2.75) is 12.8 Å². The maximum atomic E-state index is 11.8. The zero-order valence-electron chi connectivity index (χ0n) is 9.87. The Morgan fingerprint density at radius 3 is 3.19 bits per heavy atom. The number of piperidine rings is 1. The van der Waals surface area contributed by atoms with E-state index in [1.54, 1.807) is 7.11 Å². The molecule has 1 unspecified atom stereocenters. The lowest BCUT2D eigenvalue weighted by atomic mass is 9.99. The van der Waals surface area contributed by atoms with Crippen LogP contribution in [0.2, 0.25) is 0 Å². The van der Waals surface area contributed by atoms with Gasteiger partial charge >= 0.3 is 0 Å². The predicted octanol–water partition coefficient (Wildman–Crippen LogP) is 0.0942. The number of nitrogens with zero attached hydrogens (tertiary/aromatic N) is 1. The van der Waals surface area contributed by atoms with Crippen LogP contribution in [0.5, 0.6) is 0 Å². The molecular formula is C12H20N2O2. The Morgan fingerprint density at radius 1 is 1.69 bits per heavy atom. The van der Waals surface area contributed by atoms with E-state index in [0.29, 0.717) is 19.0 Å². The lowest BCUT2D eigenvalue weighted by molar-refractivity contribution is -0.132. The number of likely N-dealkylation sites (tertiary alicyclic amines) is 1. The summed E-state index contributed by atoms with van der Waals surface area (Å²) in [7, 11) is 1.70. The van der Waals surface area contributed by atoms with Crippen LogP contribution in [-0.2, 0) is 9.53 Å². The number of nitrogens with one attached hydrogen (secondary N) is 1. The Kier molecular flexibility index (Phi) is 5.91. The van der Waals surface area contributed by atoms with Crippen LogP contribution >= 0.6 is 0 Å². The summed E-state index contributed by atoms with van der Waals surface area (Å²) in [6, 6.07) is 0. The maximum absolute atomic E-state index is 11.8. The van der Waals surface area contributed by atoms with Gasteiger partial charge in [0.25, 0.3) is 0 Å². The van der Waals surface area contributed by atoms with E-state index in [9.17, 15) is 4.79 Å². The summed E-state index contributed by atoms with van der Waals surface area (Å²) in [6.45, 7) is 3.19. The van der Waals surface area contributed by atoms with Gasteiger partial charge in [0.2, 0.25) is 5.91 Å². The van der Waals surface area contributed by atoms with Crippen molar-refractivity contribution in [1.82, 2.24) is 10.2 Å². The molecule has 0 aromatic carbocycles. The lowest BCUT2D eigenvalue weighted by Gasteiger charge is -2.32. The molecule has 1 N–H and O–H groups in total. The number of methoxy groups -OCH3 is 1. The Bertz CT molecular complexity index is 258. The number of rotatable bonds is 5. The number of carbonyl (C=O) groups is 1. The number of ether oxygens (including phenoxy) is 1. The van der Waals surface area contributed by atoms with Crippen LogP contribution in [0, 0.1) is 18.3 Å². The molecule has 1 atom stereocenters. The van der Waals surface area contributed by atoms with Crippen molar-refractivity contribution >= 4 is 5.91 Å². The van der Waals surface area contributed by atoms with Gasteiger partial charge in [0, 0.05) is 20.2 Å². The minimum absolute atomic E-state index is 0.135. The highest BCUT2D eigenvalue weighted by atomic mass is 16.5. The third-order valence-corrected chi connectivity index (χ3v) is 2.78. The van der Waals surface area contributed by atoms with E-state index >= 15 is 0 Å². The molecule has 0 radical (unpaired) electrons. The predicted molar refractivity (Wildman–Crippen MR) is 62.9 cm³/mol. The second-order valence-electron chi connectivity index (χ2n) is 4.11. The number of hydrogen-bond acceptors (Lipinski definition) is 3. The molecule has 1 amide bonds. The van der Waals surface area contributed by atoms with Crippen LogP contribution in [0.15, 0.2) is 0 Å².